The molecule has 0 fully saturated rings. The van der Waals surface area contributed by atoms with Crippen molar-refractivity contribution in [3.63, 3.8) is 0 Å². The van der Waals surface area contributed by atoms with Crippen LogP contribution in [0.3, 0.4) is 0 Å². The lowest BCUT2D eigenvalue weighted by Crippen LogP contribution is -2.13. The summed E-state index contributed by atoms with van der Waals surface area (Å²) in [5.74, 6) is -3.03. The van der Waals surface area contributed by atoms with Crippen LogP contribution in [-0.2, 0) is 0 Å². The van der Waals surface area contributed by atoms with Crippen LogP contribution in [0.4, 0.5) is 20.2 Å². The van der Waals surface area contributed by atoms with Gasteiger partial charge >= 0.3 is 5.69 Å². The maximum Gasteiger partial charge on any atom is 0.307 e. The monoisotopic (exact) mass is 292 g/mol. The zero-order valence-electron chi connectivity index (χ0n) is 10.9. The number of halogens is 2. The molecule has 0 heterocycles. The number of nitrogens with one attached hydrogen (secondary N) is 1. The fraction of sp³-hybridized carbons (Fsp3) is 0.0714. The Kier molecular flexibility index (Phi) is 3.93. The Hall–Kier alpha value is -2.83. The van der Waals surface area contributed by atoms with E-state index in [0.29, 0.717) is 12.1 Å². The van der Waals surface area contributed by atoms with Crippen molar-refractivity contribution in [2.45, 2.75) is 6.92 Å². The van der Waals surface area contributed by atoms with Gasteiger partial charge in [-0.3, -0.25) is 14.9 Å². The molecule has 0 aliphatic heterocycles. The van der Waals surface area contributed by atoms with Crippen molar-refractivity contribution in [3.05, 3.63) is 69.3 Å². The van der Waals surface area contributed by atoms with E-state index in [4.69, 9.17) is 0 Å². The highest BCUT2D eigenvalue weighted by Crippen LogP contribution is 2.25. The van der Waals surface area contributed by atoms with Gasteiger partial charge in [0.25, 0.3) is 5.91 Å². The van der Waals surface area contributed by atoms with Crippen molar-refractivity contribution in [2.75, 3.05) is 5.32 Å². The predicted octanol–water partition coefficient (Wildman–Crippen LogP) is 3.43. The van der Waals surface area contributed by atoms with E-state index in [1.807, 2.05) is 6.92 Å². The molecule has 0 aromatic heterocycles. The Balaban J connectivity index is 2.30. The lowest BCUT2D eigenvalue weighted by atomic mass is 10.1. The van der Waals surface area contributed by atoms with E-state index in [9.17, 15) is 23.7 Å². The number of rotatable bonds is 3. The number of benzene rings is 2. The standard InChI is InChI=1S/C14H10F2N2O3/c1-8-2-4-9(5-3-8)14(19)17-12-7-13(18(20)21)11(16)6-10(12)15/h2-7H,1H3,(H,17,19). The number of nitrogens with zero attached hydrogens (tertiary/aromatic N) is 1. The van der Waals surface area contributed by atoms with E-state index in [1.54, 1.807) is 12.1 Å². The maximum absolute atomic E-state index is 13.6. The van der Waals surface area contributed by atoms with Crippen LogP contribution in [0, 0.1) is 28.7 Å². The molecule has 1 amide bonds. The molecule has 5 nitrogen and oxygen atoms in total. The van der Waals surface area contributed by atoms with Gasteiger partial charge in [-0.1, -0.05) is 17.7 Å². The van der Waals surface area contributed by atoms with Crippen molar-refractivity contribution >= 4 is 17.3 Å². The Morgan fingerprint density at radius 2 is 1.76 bits per heavy atom. The summed E-state index contributed by atoms with van der Waals surface area (Å²) in [6, 6.07) is 7.46. The minimum atomic E-state index is -1.30. The first kappa shape index (κ1) is 14.6. The topological polar surface area (TPSA) is 72.2 Å². The molecule has 0 saturated heterocycles. The Morgan fingerprint density at radius 3 is 2.33 bits per heavy atom. The van der Waals surface area contributed by atoms with Crippen molar-refractivity contribution in [1.82, 2.24) is 0 Å². The number of aryl methyl sites for hydroxylation is 1. The summed E-state index contributed by atoms with van der Waals surface area (Å²) in [5.41, 5.74) is -0.161. The molecule has 2 aromatic rings. The molecule has 2 aromatic carbocycles. The van der Waals surface area contributed by atoms with Gasteiger partial charge in [0, 0.05) is 17.7 Å². The lowest BCUT2D eigenvalue weighted by Gasteiger charge is -2.07. The van der Waals surface area contributed by atoms with Crippen LogP contribution in [0.25, 0.3) is 0 Å². The third kappa shape index (κ3) is 3.19. The summed E-state index contributed by atoms with van der Waals surface area (Å²) < 4.78 is 26.7. The normalized spacial score (nSPS) is 10.2. The maximum atomic E-state index is 13.6. The number of nitro groups is 1. The van der Waals surface area contributed by atoms with Gasteiger partial charge < -0.3 is 5.32 Å². The van der Waals surface area contributed by atoms with Gasteiger partial charge in [-0.05, 0) is 19.1 Å². The summed E-state index contributed by atoms with van der Waals surface area (Å²) in [6.45, 7) is 1.84. The summed E-state index contributed by atoms with van der Waals surface area (Å²) in [6.07, 6.45) is 0. The third-order valence-electron chi connectivity index (χ3n) is 2.80. The number of hydrogen-bond donors (Lipinski definition) is 1. The number of anilines is 1. The lowest BCUT2D eigenvalue weighted by molar-refractivity contribution is -0.387. The van der Waals surface area contributed by atoms with Gasteiger partial charge in [0.15, 0.2) is 0 Å². The third-order valence-corrected chi connectivity index (χ3v) is 2.80. The molecule has 0 unspecified atom stereocenters. The number of carbonyl (C=O) groups excluding carboxylic acids is 1. The summed E-state index contributed by atoms with van der Waals surface area (Å²) in [4.78, 5) is 21.5. The second-order valence-corrected chi connectivity index (χ2v) is 4.36. The highest BCUT2D eigenvalue weighted by atomic mass is 19.1. The highest BCUT2D eigenvalue weighted by Gasteiger charge is 2.20. The Labute approximate surface area is 118 Å². The first-order valence-electron chi connectivity index (χ1n) is 5.90. The minimum absolute atomic E-state index is 0.256. The molecule has 21 heavy (non-hydrogen) atoms. The van der Waals surface area contributed by atoms with Crippen LogP contribution >= 0.6 is 0 Å². The van der Waals surface area contributed by atoms with Crippen LogP contribution in [-0.4, -0.2) is 10.8 Å². The number of hydrogen-bond acceptors (Lipinski definition) is 3. The van der Waals surface area contributed by atoms with Gasteiger partial charge in [-0.2, -0.15) is 4.39 Å². The number of carbonyl (C=O) groups is 1. The SMILES string of the molecule is Cc1ccc(C(=O)Nc2cc([N+](=O)[O-])c(F)cc2F)cc1. The minimum Gasteiger partial charge on any atom is -0.319 e. The average Bonchev–Trinajstić information content (AvgIpc) is 2.42. The number of nitro benzene ring substituents is 1. The molecule has 0 radical (unpaired) electrons. The van der Waals surface area contributed by atoms with Crippen molar-refractivity contribution in [2.24, 2.45) is 0 Å². The zero-order valence-corrected chi connectivity index (χ0v) is 10.9. The Morgan fingerprint density at radius 1 is 1.14 bits per heavy atom. The molecule has 7 heteroatoms. The van der Waals surface area contributed by atoms with Crippen molar-refractivity contribution < 1.29 is 18.5 Å². The van der Waals surface area contributed by atoms with Crippen LogP contribution in [0.5, 0.6) is 0 Å². The van der Waals surface area contributed by atoms with Crippen LogP contribution in [0.15, 0.2) is 36.4 Å². The van der Waals surface area contributed by atoms with Gasteiger partial charge in [0.2, 0.25) is 5.82 Å². The molecule has 0 saturated carbocycles. The van der Waals surface area contributed by atoms with Crippen LogP contribution in [0.1, 0.15) is 15.9 Å². The first-order valence-corrected chi connectivity index (χ1v) is 5.90. The number of amides is 1. The smallest absolute Gasteiger partial charge is 0.307 e. The van der Waals surface area contributed by atoms with Gasteiger partial charge in [-0.15, -0.1) is 0 Å². The summed E-state index contributed by atoms with van der Waals surface area (Å²) in [5, 5.41) is 12.8. The van der Waals surface area contributed by atoms with Crippen LogP contribution in [0.2, 0.25) is 0 Å². The van der Waals surface area contributed by atoms with E-state index in [2.05, 4.69) is 5.32 Å². The second-order valence-electron chi connectivity index (χ2n) is 4.36. The van der Waals surface area contributed by atoms with Crippen molar-refractivity contribution in [1.29, 1.82) is 0 Å². The molecule has 2 rings (SSSR count). The molecule has 108 valence electrons. The quantitative estimate of drug-likeness (QED) is 0.695. The van der Waals surface area contributed by atoms with E-state index >= 15 is 0 Å². The van der Waals surface area contributed by atoms with Gasteiger partial charge in [0.1, 0.15) is 5.82 Å². The molecular formula is C14H10F2N2O3. The van der Waals surface area contributed by atoms with Crippen LogP contribution < -0.4 is 5.32 Å². The summed E-state index contributed by atoms with van der Waals surface area (Å²) >= 11 is 0. The molecule has 0 atom stereocenters. The molecule has 0 aliphatic rings. The fourth-order valence-corrected chi connectivity index (χ4v) is 1.67. The van der Waals surface area contributed by atoms with E-state index in [0.717, 1.165) is 5.56 Å². The van der Waals surface area contributed by atoms with Crippen molar-refractivity contribution in [3.8, 4) is 0 Å². The predicted molar refractivity (Wildman–Crippen MR) is 72.1 cm³/mol. The van der Waals surface area contributed by atoms with Gasteiger partial charge in [-0.25, -0.2) is 4.39 Å². The molecule has 0 bridgehead atoms. The molecule has 0 spiro atoms. The second kappa shape index (κ2) is 5.66. The average molecular weight is 292 g/mol. The van der Waals surface area contributed by atoms with E-state index in [1.165, 1.54) is 12.1 Å². The fourth-order valence-electron chi connectivity index (χ4n) is 1.67. The van der Waals surface area contributed by atoms with E-state index in [-0.39, 0.29) is 5.56 Å². The first-order chi connectivity index (χ1) is 9.88. The summed E-state index contributed by atoms with van der Waals surface area (Å²) in [7, 11) is 0. The zero-order chi connectivity index (χ0) is 15.6. The Bertz CT molecular complexity index is 715. The largest absolute Gasteiger partial charge is 0.319 e. The molecule has 0 aliphatic carbocycles. The molecule has 1 N–H and O–H groups in total. The molecular weight excluding hydrogens is 282 g/mol. The van der Waals surface area contributed by atoms with Gasteiger partial charge in [0.05, 0.1) is 10.6 Å². The van der Waals surface area contributed by atoms with E-state index < -0.39 is 33.8 Å². The highest BCUT2D eigenvalue weighted by molar-refractivity contribution is 6.04.